The highest BCUT2D eigenvalue weighted by Gasteiger charge is 2.17. The lowest BCUT2D eigenvalue weighted by Crippen LogP contribution is -2.11. The minimum absolute atomic E-state index is 0.205. The Hall–Kier alpha value is -2.32. The Morgan fingerprint density at radius 3 is 2.74 bits per heavy atom. The summed E-state index contributed by atoms with van der Waals surface area (Å²) in [5.41, 5.74) is 10.6. The molecule has 0 bridgehead atoms. The summed E-state index contributed by atoms with van der Waals surface area (Å²) in [5.74, 6) is 0.205. The number of fused-ring (bicyclic) bond motifs is 1. The second kappa shape index (κ2) is 5.71. The van der Waals surface area contributed by atoms with E-state index in [0.29, 0.717) is 18.9 Å². The van der Waals surface area contributed by atoms with Gasteiger partial charge in [0.05, 0.1) is 26.6 Å². The molecule has 1 aliphatic rings. The van der Waals surface area contributed by atoms with Crippen molar-refractivity contribution >= 4 is 21.4 Å². The number of aromatic nitrogens is 1. The third kappa shape index (κ3) is 3.22. The fourth-order valence-electron chi connectivity index (χ4n) is 2.54. The summed E-state index contributed by atoms with van der Waals surface area (Å²) in [6.07, 6.45) is 2.69. The first-order valence-corrected chi connectivity index (χ1v) is 8.78. The van der Waals surface area contributed by atoms with Crippen molar-refractivity contribution in [2.75, 3.05) is 23.8 Å². The number of hydrogen-bond acceptors (Lipinski definition) is 6. The lowest BCUT2D eigenvalue weighted by atomic mass is 10.00. The molecule has 2 heterocycles. The van der Waals surface area contributed by atoms with Crippen LogP contribution in [-0.4, -0.2) is 26.8 Å². The van der Waals surface area contributed by atoms with Crippen LogP contribution in [-0.2, 0) is 28.0 Å². The van der Waals surface area contributed by atoms with Crippen LogP contribution in [0.5, 0.6) is 5.88 Å². The van der Waals surface area contributed by atoms with Gasteiger partial charge in [-0.3, -0.25) is 4.72 Å². The van der Waals surface area contributed by atoms with Crippen molar-refractivity contribution in [2.45, 2.75) is 13.2 Å². The second-order valence-corrected chi connectivity index (χ2v) is 7.10. The molecule has 2 aromatic rings. The molecule has 0 unspecified atom stereocenters. The average molecular weight is 335 g/mol. The molecule has 0 radical (unpaired) electrons. The summed E-state index contributed by atoms with van der Waals surface area (Å²) in [6.45, 7) is 1.04. The molecule has 0 atom stereocenters. The van der Waals surface area contributed by atoms with Gasteiger partial charge in [-0.05, 0) is 29.3 Å². The highest BCUT2D eigenvalue weighted by Crippen LogP contribution is 2.34. The Morgan fingerprint density at radius 2 is 2.04 bits per heavy atom. The largest absolute Gasteiger partial charge is 0.480 e. The van der Waals surface area contributed by atoms with Crippen molar-refractivity contribution in [1.82, 2.24) is 4.98 Å². The van der Waals surface area contributed by atoms with Gasteiger partial charge in [-0.15, -0.1) is 0 Å². The zero-order valence-electron chi connectivity index (χ0n) is 12.8. The molecule has 0 spiro atoms. The molecule has 0 saturated carbocycles. The van der Waals surface area contributed by atoms with Crippen LogP contribution < -0.4 is 15.2 Å². The normalized spacial score (nSPS) is 13.7. The van der Waals surface area contributed by atoms with Gasteiger partial charge in [-0.2, -0.15) is 0 Å². The van der Waals surface area contributed by atoms with Gasteiger partial charge >= 0.3 is 0 Å². The van der Waals surface area contributed by atoms with Gasteiger partial charge < -0.3 is 15.2 Å². The first-order valence-electron chi connectivity index (χ1n) is 6.88. The first-order chi connectivity index (χ1) is 10.9. The topological polar surface area (TPSA) is 104 Å². The third-order valence-corrected chi connectivity index (χ3v) is 4.14. The van der Waals surface area contributed by atoms with Crippen LogP contribution >= 0.6 is 0 Å². The molecule has 1 aromatic heterocycles. The van der Waals surface area contributed by atoms with E-state index in [1.54, 1.807) is 12.3 Å². The maximum atomic E-state index is 11.5. The van der Waals surface area contributed by atoms with E-state index >= 15 is 0 Å². The summed E-state index contributed by atoms with van der Waals surface area (Å²) in [7, 11) is -2.01. The summed E-state index contributed by atoms with van der Waals surface area (Å²) in [5, 5.41) is 0. The Labute approximate surface area is 134 Å². The monoisotopic (exact) mass is 335 g/mol. The van der Waals surface area contributed by atoms with Crippen LogP contribution in [0.1, 0.15) is 11.1 Å². The van der Waals surface area contributed by atoms with Gasteiger partial charge in [0.1, 0.15) is 5.69 Å². The van der Waals surface area contributed by atoms with E-state index < -0.39 is 10.0 Å². The Bertz CT molecular complexity index is 865. The quantitative estimate of drug-likeness (QED) is 0.825. The fourth-order valence-corrected chi connectivity index (χ4v) is 3.08. The van der Waals surface area contributed by atoms with Gasteiger partial charge in [-0.25, -0.2) is 13.4 Å². The summed E-state index contributed by atoms with van der Waals surface area (Å²) in [4.78, 5) is 4.16. The number of pyridine rings is 1. The summed E-state index contributed by atoms with van der Waals surface area (Å²) >= 11 is 0. The first kappa shape index (κ1) is 15.6. The van der Waals surface area contributed by atoms with Crippen molar-refractivity contribution in [3.05, 3.63) is 35.5 Å². The van der Waals surface area contributed by atoms with E-state index in [1.165, 1.54) is 7.11 Å². The van der Waals surface area contributed by atoms with Crippen LogP contribution in [0.4, 0.5) is 11.4 Å². The molecule has 8 heteroatoms. The lowest BCUT2D eigenvalue weighted by Gasteiger charge is -2.12. The molecular weight excluding hydrogens is 318 g/mol. The van der Waals surface area contributed by atoms with Gasteiger partial charge in [0.2, 0.25) is 15.9 Å². The van der Waals surface area contributed by atoms with E-state index in [2.05, 4.69) is 9.71 Å². The van der Waals surface area contributed by atoms with Gasteiger partial charge in [0.15, 0.2) is 0 Å². The minimum atomic E-state index is -3.44. The van der Waals surface area contributed by atoms with Crippen LogP contribution in [0.2, 0.25) is 0 Å². The molecule has 0 fully saturated rings. The average Bonchev–Trinajstić information content (AvgIpc) is 2.94. The predicted octanol–water partition coefficient (Wildman–Crippen LogP) is 1.74. The van der Waals surface area contributed by atoms with E-state index in [1.807, 2.05) is 12.1 Å². The number of hydrogen-bond donors (Lipinski definition) is 2. The summed E-state index contributed by atoms with van der Waals surface area (Å²) in [6, 6.07) is 5.48. The molecule has 0 amide bonds. The number of rotatable bonds is 4. The number of sulfonamides is 1. The van der Waals surface area contributed by atoms with Crippen LogP contribution in [0.15, 0.2) is 24.4 Å². The van der Waals surface area contributed by atoms with Crippen molar-refractivity contribution in [2.24, 2.45) is 0 Å². The second-order valence-electron chi connectivity index (χ2n) is 5.35. The smallest absolute Gasteiger partial charge is 0.238 e. The van der Waals surface area contributed by atoms with Gasteiger partial charge in [-0.1, -0.05) is 0 Å². The van der Waals surface area contributed by atoms with Crippen molar-refractivity contribution in [3.63, 3.8) is 0 Å². The van der Waals surface area contributed by atoms with E-state index in [-0.39, 0.29) is 11.6 Å². The number of methoxy groups -OCH3 is 1. The molecule has 1 aliphatic heterocycles. The third-order valence-electron chi connectivity index (χ3n) is 3.55. The predicted molar refractivity (Wildman–Crippen MR) is 87.6 cm³/mol. The molecule has 3 N–H and O–H groups in total. The molecule has 1 aromatic carbocycles. The molecular formula is C15H17N3O4S. The number of nitrogen functional groups attached to an aromatic ring is 1. The minimum Gasteiger partial charge on any atom is -0.480 e. The Kier molecular flexibility index (Phi) is 3.87. The van der Waals surface area contributed by atoms with Crippen molar-refractivity contribution in [1.29, 1.82) is 0 Å². The molecule has 122 valence electrons. The summed E-state index contributed by atoms with van der Waals surface area (Å²) < 4.78 is 35.9. The number of nitrogens with zero attached hydrogens (tertiary/aromatic N) is 1. The molecule has 7 nitrogen and oxygen atoms in total. The van der Waals surface area contributed by atoms with Crippen molar-refractivity contribution in [3.8, 4) is 17.0 Å². The number of nitrogens with two attached hydrogens (primary N) is 1. The lowest BCUT2D eigenvalue weighted by molar-refractivity contribution is 0.134. The highest BCUT2D eigenvalue weighted by molar-refractivity contribution is 7.92. The maximum absolute atomic E-state index is 11.5. The van der Waals surface area contributed by atoms with E-state index in [0.717, 1.165) is 28.5 Å². The van der Waals surface area contributed by atoms with Crippen LogP contribution in [0.3, 0.4) is 0 Å². The number of anilines is 2. The van der Waals surface area contributed by atoms with Crippen molar-refractivity contribution < 1.29 is 17.9 Å². The van der Waals surface area contributed by atoms with E-state index in [9.17, 15) is 8.42 Å². The standard InChI is InChI=1S/C15H17N3O4S/c1-21-15-14(18-23(2,19)20)5-10(6-17-15)9-3-11-7-22-8-12(11)13(16)4-9/h3-6,18H,7-8,16H2,1-2H3. The molecule has 3 rings (SSSR count). The molecule has 0 saturated heterocycles. The van der Waals surface area contributed by atoms with Crippen LogP contribution in [0, 0.1) is 0 Å². The maximum Gasteiger partial charge on any atom is 0.238 e. The molecule has 0 aliphatic carbocycles. The Balaban J connectivity index is 2.07. The fraction of sp³-hybridized carbons (Fsp3) is 0.267. The zero-order valence-corrected chi connectivity index (χ0v) is 13.6. The number of benzene rings is 1. The number of nitrogens with one attached hydrogen (secondary N) is 1. The Morgan fingerprint density at radius 1 is 1.26 bits per heavy atom. The van der Waals surface area contributed by atoms with Gasteiger partial charge in [0, 0.05) is 23.0 Å². The van der Waals surface area contributed by atoms with Crippen LogP contribution in [0.25, 0.3) is 11.1 Å². The molecule has 23 heavy (non-hydrogen) atoms. The highest BCUT2D eigenvalue weighted by atomic mass is 32.2. The SMILES string of the molecule is COc1ncc(-c2cc(N)c3c(c2)COC3)cc1NS(C)(=O)=O. The number of ether oxygens (including phenoxy) is 2. The van der Waals surface area contributed by atoms with Gasteiger partial charge in [0.25, 0.3) is 0 Å². The zero-order chi connectivity index (χ0) is 16.6. The van der Waals surface area contributed by atoms with E-state index in [4.69, 9.17) is 15.2 Å².